The molecule has 0 radical (unpaired) electrons. The second kappa shape index (κ2) is 38.0. The molecule has 96 heavy (non-hydrogen) atoms. The standard InChI is InChI=1S/C62H97N21O11S2/c63-22-6-3-15-42-59(92)82-27-11-20-49(82)57(90)77-44(17-5-8-24-65)61(94)83-28-12-21-50(83)58(91)76-43(16-4-7-23-64)60(93)81-26-10-19-48(81)56(89)74-41(18-9-25-71-62(68)69)53(86)80-47(55(88)78-45(51(67)84)30-37-32-70-35-73-37)34-96-95-33-46(54(87)75-42)79-52(85)39(66)29-36-31-72-40-14-2-1-13-38(36)40/h1-2,13-14,31-32,35,39,41-50,72H,3-12,15-30,33-34,63-66H2,(H2,67,84)(H,70,73)(H,74,89)(H,75,87)(H,76,91)(H,77,90)(H,78,88)(H,79,85)(H,80,86)(H4,68,69,71). The highest BCUT2D eigenvalue weighted by Gasteiger charge is 2.45. The van der Waals surface area contributed by atoms with Crippen molar-refractivity contribution in [2.45, 2.75) is 188 Å². The Labute approximate surface area is 565 Å². The number of primary amides is 1. The summed E-state index contributed by atoms with van der Waals surface area (Å²) >= 11 is 0. The van der Waals surface area contributed by atoms with Crippen LogP contribution in [-0.4, -0.2) is 224 Å². The summed E-state index contributed by atoms with van der Waals surface area (Å²) in [4.78, 5) is 179. The Bertz CT molecular complexity index is 3170. The first-order chi connectivity index (χ1) is 46.2. The van der Waals surface area contributed by atoms with Crippen molar-refractivity contribution in [1.29, 1.82) is 0 Å². The number of hydrogen-bond acceptors (Lipinski definition) is 19. The Morgan fingerprint density at radius 3 is 1.60 bits per heavy atom. The zero-order valence-electron chi connectivity index (χ0n) is 54.3. The Balaban J connectivity index is 1.26. The van der Waals surface area contributed by atoms with Crippen LogP contribution in [0.1, 0.15) is 120 Å². The van der Waals surface area contributed by atoms with Crippen molar-refractivity contribution in [3.8, 4) is 0 Å². The normalized spacial score (nSPS) is 24.6. The molecule has 0 aliphatic carbocycles. The molecular weight excluding hydrogens is 1280 g/mol. The molecule has 11 atom stereocenters. The van der Waals surface area contributed by atoms with Crippen LogP contribution in [0.5, 0.6) is 0 Å². The second-order valence-electron chi connectivity index (χ2n) is 24.7. The molecular formula is C62H97N21O11S2. The molecule has 6 heterocycles. The van der Waals surface area contributed by atoms with E-state index in [4.69, 9.17) is 40.1 Å². The van der Waals surface area contributed by atoms with Gasteiger partial charge < -0.3 is 102 Å². The molecule has 7 rings (SSSR count). The van der Waals surface area contributed by atoms with Gasteiger partial charge in [0.25, 0.3) is 0 Å². The minimum atomic E-state index is -1.50. The van der Waals surface area contributed by atoms with Crippen molar-refractivity contribution in [3.05, 3.63) is 54.2 Å². The molecule has 4 saturated heterocycles. The van der Waals surface area contributed by atoms with Gasteiger partial charge in [-0.3, -0.25) is 57.7 Å². The second-order valence-corrected chi connectivity index (χ2v) is 27.3. The molecule has 11 unspecified atom stereocenters. The van der Waals surface area contributed by atoms with Crippen LogP contribution in [0.25, 0.3) is 10.9 Å². The first kappa shape index (κ1) is 75.3. The van der Waals surface area contributed by atoms with Crippen LogP contribution in [-0.2, 0) is 65.6 Å². The maximum Gasteiger partial charge on any atom is 0.245 e. The van der Waals surface area contributed by atoms with Crippen LogP contribution in [0, 0.1) is 0 Å². The van der Waals surface area contributed by atoms with E-state index in [9.17, 15) is 47.9 Å². The zero-order valence-corrected chi connectivity index (χ0v) is 55.9. The van der Waals surface area contributed by atoms with Crippen molar-refractivity contribution in [2.24, 2.45) is 45.1 Å². The third kappa shape index (κ3) is 21.5. The average Bonchev–Trinajstić information content (AvgIpc) is 1.61. The number of para-hydroxylation sites is 1. The Hall–Kier alpha value is -8.05. The van der Waals surface area contributed by atoms with Crippen molar-refractivity contribution < 1.29 is 52.7 Å². The van der Waals surface area contributed by atoms with Crippen molar-refractivity contribution in [3.63, 3.8) is 0 Å². The van der Waals surface area contributed by atoms with Crippen LogP contribution in [0.3, 0.4) is 0 Å². The van der Waals surface area contributed by atoms with E-state index in [1.54, 1.807) is 6.20 Å². The van der Waals surface area contributed by atoms with Gasteiger partial charge in [-0.2, -0.15) is 0 Å². The fourth-order valence-electron chi connectivity index (χ4n) is 12.5. The molecule has 32 nitrogen and oxygen atoms in total. The maximum atomic E-state index is 15.0. The van der Waals surface area contributed by atoms with E-state index >= 15 is 4.79 Å². The number of amides is 11. The van der Waals surface area contributed by atoms with E-state index in [1.165, 1.54) is 27.2 Å². The molecule has 0 saturated carbocycles. The number of imidazole rings is 1. The number of unbranched alkanes of at least 4 members (excludes halogenated alkanes) is 3. The summed E-state index contributed by atoms with van der Waals surface area (Å²) in [5.41, 5.74) is 43.4. The third-order valence-electron chi connectivity index (χ3n) is 17.7. The largest absolute Gasteiger partial charge is 0.370 e. The summed E-state index contributed by atoms with van der Waals surface area (Å²) in [6, 6.07) is -6.22. The molecule has 4 aliphatic heterocycles. The molecule has 4 aliphatic rings. The molecule has 0 bridgehead atoms. The number of hydrogen-bond donors (Lipinski definition) is 16. The number of guanidine groups is 1. The lowest BCUT2D eigenvalue weighted by molar-refractivity contribution is -0.145. The van der Waals surface area contributed by atoms with Crippen LogP contribution >= 0.6 is 21.6 Å². The van der Waals surface area contributed by atoms with Gasteiger partial charge in [-0.1, -0.05) is 39.8 Å². The minimum absolute atomic E-state index is 0.0265. The van der Waals surface area contributed by atoms with Gasteiger partial charge in [0.2, 0.25) is 65.0 Å². The molecule has 3 aromatic rings. The van der Waals surface area contributed by atoms with Crippen LogP contribution < -0.4 is 77.4 Å². The molecule has 528 valence electrons. The Morgan fingerprint density at radius 1 is 0.604 bits per heavy atom. The number of nitrogens with one attached hydrogen (secondary N) is 9. The summed E-state index contributed by atoms with van der Waals surface area (Å²) < 4.78 is 0. The zero-order chi connectivity index (χ0) is 69.3. The molecule has 1 aromatic carbocycles. The lowest BCUT2D eigenvalue weighted by Crippen LogP contribution is -2.60. The number of carbonyl (C=O) groups is 11. The molecule has 23 N–H and O–H groups in total. The van der Waals surface area contributed by atoms with E-state index in [2.05, 4.69) is 57.2 Å². The number of fused-ring (bicyclic) bond motifs is 4. The quantitative estimate of drug-likeness (QED) is 0.0171. The van der Waals surface area contributed by atoms with Gasteiger partial charge in [0.1, 0.15) is 60.4 Å². The van der Waals surface area contributed by atoms with E-state index in [0.717, 1.165) is 38.1 Å². The van der Waals surface area contributed by atoms with Crippen molar-refractivity contribution in [1.82, 2.24) is 66.9 Å². The van der Waals surface area contributed by atoms with Gasteiger partial charge in [-0.15, -0.1) is 0 Å². The summed E-state index contributed by atoms with van der Waals surface area (Å²) in [6.07, 6.45) is 9.38. The van der Waals surface area contributed by atoms with Gasteiger partial charge in [-0.05, 0) is 147 Å². The lowest BCUT2D eigenvalue weighted by atomic mass is 10.0. The predicted molar refractivity (Wildman–Crippen MR) is 363 cm³/mol. The first-order valence-corrected chi connectivity index (χ1v) is 35.7. The van der Waals surface area contributed by atoms with Crippen molar-refractivity contribution >= 4 is 103 Å². The fourth-order valence-corrected chi connectivity index (χ4v) is 14.8. The Morgan fingerprint density at radius 2 is 1.10 bits per heavy atom. The number of H-pyrrole nitrogens is 2. The molecule has 0 spiro atoms. The number of benzene rings is 1. The minimum Gasteiger partial charge on any atom is -0.370 e. The summed E-state index contributed by atoms with van der Waals surface area (Å²) in [5.74, 6) is -8.55. The van der Waals surface area contributed by atoms with Crippen LogP contribution in [0.15, 0.2) is 48.0 Å². The molecule has 4 fully saturated rings. The molecule has 34 heteroatoms. The highest BCUT2D eigenvalue weighted by molar-refractivity contribution is 8.76. The van der Waals surface area contributed by atoms with Crippen LogP contribution in [0.2, 0.25) is 0 Å². The Kier molecular flexibility index (Phi) is 29.8. The fraction of sp³-hybridized carbons (Fsp3) is 0.629. The molecule has 2 aromatic heterocycles. The van der Waals surface area contributed by atoms with Gasteiger partial charge in [0, 0.05) is 73.1 Å². The molecule has 11 amide bonds. The smallest absolute Gasteiger partial charge is 0.245 e. The topological polar surface area (TPSA) is 521 Å². The van der Waals surface area contributed by atoms with Gasteiger partial charge >= 0.3 is 0 Å². The van der Waals surface area contributed by atoms with E-state index < -0.39 is 131 Å². The number of rotatable bonds is 25. The highest BCUT2D eigenvalue weighted by Crippen LogP contribution is 2.28. The number of carbonyl (C=O) groups excluding carboxylic acids is 11. The van der Waals surface area contributed by atoms with Crippen molar-refractivity contribution in [2.75, 3.05) is 57.3 Å². The van der Waals surface area contributed by atoms with Gasteiger partial charge in [0.15, 0.2) is 5.96 Å². The number of nitrogens with zero attached hydrogens (tertiary/aromatic N) is 5. The number of aromatic amines is 2. The number of aromatic nitrogens is 3. The summed E-state index contributed by atoms with van der Waals surface area (Å²) in [5, 5.41) is 20.5. The number of aliphatic imine (C=N–C) groups is 1. The van der Waals surface area contributed by atoms with E-state index in [-0.39, 0.29) is 121 Å². The van der Waals surface area contributed by atoms with E-state index in [1.807, 2.05) is 24.3 Å². The highest BCUT2D eigenvalue weighted by atomic mass is 33.1. The SMILES string of the molecule is NCCCCC1NC(=O)C(NC(=O)C(N)Cc2c[nH]c3ccccc23)CSSCC(C(=O)NC(Cc2cnc[nH]2)C(N)=O)NC(=O)C(CCCN=C(N)N)NC(=O)C2CCCN2C(=O)C(CCCCN)NC(=O)C2CCCN2C(=O)C(CCCCN)NC(=O)C2CCCN2C1=O. The predicted octanol–water partition coefficient (Wildman–Crippen LogP) is -3.31. The van der Waals surface area contributed by atoms with Crippen LogP contribution in [0.4, 0.5) is 0 Å². The average molecular weight is 1380 g/mol. The monoisotopic (exact) mass is 1380 g/mol. The summed E-state index contributed by atoms with van der Waals surface area (Å²) in [7, 11) is 2.01. The first-order valence-electron chi connectivity index (χ1n) is 33.2. The maximum absolute atomic E-state index is 15.0. The third-order valence-corrected chi connectivity index (χ3v) is 20.1. The van der Waals surface area contributed by atoms with Gasteiger partial charge in [-0.25, -0.2) is 4.98 Å². The van der Waals surface area contributed by atoms with Gasteiger partial charge in [0.05, 0.1) is 12.4 Å². The summed E-state index contributed by atoms with van der Waals surface area (Å²) in [6.45, 7) is 1.26. The number of nitrogens with two attached hydrogens (primary N) is 7. The lowest BCUT2D eigenvalue weighted by Gasteiger charge is -2.33. The van der Waals surface area contributed by atoms with E-state index in [0.29, 0.717) is 70.0 Å².